The molecule has 2 heterocycles. The molecule has 0 radical (unpaired) electrons. The van der Waals surface area contributed by atoms with Gasteiger partial charge in [-0.25, -0.2) is 0 Å². The smallest absolute Gasteiger partial charge is 0.163 e. The predicted molar refractivity (Wildman–Crippen MR) is 48.6 cm³/mol. The molecule has 0 bridgehead atoms. The van der Waals surface area contributed by atoms with E-state index >= 15 is 0 Å². The van der Waals surface area contributed by atoms with Crippen LogP contribution < -0.4 is 0 Å². The van der Waals surface area contributed by atoms with E-state index in [0.717, 1.165) is 0 Å². The van der Waals surface area contributed by atoms with Crippen molar-refractivity contribution in [2.24, 2.45) is 0 Å². The van der Waals surface area contributed by atoms with E-state index < -0.39 is 11.9 Å². The Bertz CT molecular complexity index is 291. The molecular formula is C10H14O4. The summed E-state index contributed by atoms with van der Waals surface area (Å²) in [5.74, 6) is -0.102. The van der Waals surface area contributed by atoms with Gasteiger partial charge in [-0.2, -0.15) is 0 Å². The zero-order chi connectivity index (χ0) is 10.2. The van der Waals surface area contributed by atoms with E-state index in [-0.39, 0.29) is 6.10 Å². The van der Waals surface area contributed by atoms with Gasteiger partial charge in [-0.1, -0.05) is 0 Å². The van der Waals surface area contributed by atoms with Gasteiger partial charge in [-0.05, 0) is 26.0 Å². The average Bonchev–Trinajstić information content (AvgIpc) is 2.72. The van der Waals surface area contributed by atoms with Gasteiger partial charge in [0, 0.05) is 0 Å². The molecule has 1 aromatic heterocycles. The molecule has 0 unspecified atom stereocenters. The molecule has 0 aromatic carbocycles. The summed E-state index contributed by atoms with van der Waals surface area (Å²) in [5, 5.41) is 9.84. The number of ether oxygens (including phenoxy) is 2. The van der Waals surface area contributed by atoms with Crippen LogP contribution in [0.15, 0.2) is 22.8 Å². The SMILES string of the molecule is CC1(C)OC[C@H]([C@@H](O)c2ccco2)O1. The fourth-order valence-electron chi connectivity index (χ4n) is 1.51. The number of hydrogen-bond acceptors (Lipinski definition) is 4. The topological polar surface area (TPSA) is 51.8 Å². The number of furan rings is 1. The van der Waals surface area contributed by atoms with Crippen LogP contribution in [-0.2, 0) is 9.47 Å². The molecule has 4 nitrogen and oxygen atoms in total. The van der Waals surface area contributed by atoms with E-state index in [1.54, 1.807) is 12.1 Å². The first kappa shape index (κ1) is 9.71. The summed E-state index contributed by atoms with van der Waals surface area (Å²) < 4.78 is 15.9. The Morgan fingerprint density at radius 1 is 1.57 bits per heavy atom. The summed E-state index contributed by atoms with van der Waals surface area (Å²) in [7, 11) is 0. The van der Waals surface area contributed by atoms with Gasteiger partial charge < -0.3 is 19.0 Å². The summed E-state index contributed by atoms with van der Waals surface area (Å²) in [6.45, 7) is 4.03. The largest absolute Gasteiger partial charge is 0.466 e. The van der Waals surface area contributed by atoms with Crippen molar-refractivity contribution >= 4 is 0 Å². The lowest BCUT2D eigenvalue weighted by Crippen LogP contribution is -2.25. The van der Waals surface area contributed by atoms with Gasteiger partial charge in [-0.3, -0.25) is 0 Å². The molecule has 1 aliphatic heterocycles. The third-order valence-corrected chi connectivity index (χ3v) is 2.22. The number of aliphatic hydroxyl groups excluding tert-OH is 1. The fourth-order valence-corrected chi connectivity index (χ4v) is 1.51. The van der Waals surface area contributed by atoms with Gasteiger partial charge in [0.05, 0.1) is 12.9 Å². The van der Waals surface area contributed by atoms with Crippen molar-refractivity contribution in [1.82, 2.24) is 0 Å². The van der Waals surface area contributed by atoms with Crippen LogP contribution >= 0.6 is 0 Å². The van der Waals surface area contributed by atoms with E-state index in [9.17, 15) is 5.11 Å². The van der Waals surface area contributed by atoms with Gasteiger partial charge in [-0.15, -0.1) is 0 Å². The first-order chi connectivity index (χ1) is 6.58. The lowest BCUT2D eigenvalue weighted by molar-refractivity contribution is -0.152. The second-order valence-corrected chi connectivity index (χ2v) is 3.83. The molecule has 2 rings (SSSR count). The maximum atomic E-state index is 9.84. The van der Waals surface area contributed by atoms with Crippen LogP contribution in [0.4, 0.5) is 0 Å². The van der Waals surface area contributed by atoms with Crippen LogP contribution in [0.1, 0.15) is 25.7 Å². The minimum Gasteiger partial charge on any atom is -0.466 e. The zero-order valence-electron chi connectivity index (χ0n) is 8.27. The van der Waals surface area contributed by atoms with Crippen molar-refractivity contribution in [3.63, 3.8) is 0 Å². The molecule has 1 aliphatic rings. The molecule has 1 saturated heterocycles. The Morgan fingerprint density at radius 2 is 2.36 bits per heavy atom. The van der Waals surface area contributed by atoms with E-state index in [1.165, 1.54) is 6.26 Å². The maximum absolute atomic E-state index is 9.84. The molecule has 14 heavy (non-hydrogen) atoms. The lowest BCUT2D eigenvalue weighted by Gasteiger charge is -2.19. The first-order valence-corrected chi connectivity index (χ1v) is 4.62. The van der Waals surface area contributed by atoms with Crippen molar-refractivity contribution in [3.05, 3.63) is 24.2 Å². The molecule has 1 N–H and O–H groups in total. The summed E-state index contributed by atoms with van der Waals surface area (Å²) in [6, 6.07) is 3.46. The Balaban J connectivity index is 2.04. The predicted octanol–water partition coefficient (Wildman–Crippen LogP) is 1.46. The van der Waals surface area contributed by atoms with Crippen LogP contribution in [0, 0.1) is 0 Å². The lowest BCUT2D eigenvalue weighted by atomic mass is 10.2. The molecule has 1 fully saturated rings. The molecular weight excluding hydrogens is 184 g/mol. The molecule has 0 saturated carbocycles. The monoisotopic (exact) mass is 198 g/mol. The van der Waals surface area contributed by atoms with Crippen molar-refractivity contribution < 1.29 is 19.0 Å². The highest BCUT2D eigenvalue weighted by Gasteiger charge is 2.38. The van der Waals surface area contributed by atoms with Crippen LogP contribution in [0.2, 0.25) is 0 Å². The third-order valence-electron chi connectivity index (χ3n) is 2.22. The standard InChI is InChI=1S/C10H14O4/c1-10(2)13-6-8(14-10)9(11)7-4-3-5-12-7/h3-5,8-9,11H,6H2,1-2H3/t8-,9+/m1/s1. The second-order valence-electron chi connectivity index (χ2n) is 3.83. The van der Waals surface area contributed by atoms with Crippen LogP contribution in [0.5, 0.6) is 0 Å². The Hall–Kier alpha value is -0.840. The number of aliphatic hydroxyl groups is 1. The number of hydrogen-bond donors (Lipinski definition) is 1. The zero-order valence-corrected chi connectivity index (χ0v) is 8.27. The van der Waals surface area contributed by atoms with E-state index in [2.05, 4.69) is 0 Å². The van der Waals surface area contributed by atoms with Crippen molar-refractivity contribution in [2.75, 3.05) is 6.61 Å². The number of rotatable bonds is 2. The molecule has 2 atom stereocenters. The minimum atomic E-state index is -0.758. The first-order valence-electron chi connectivity index (χ1n) is 4.62. The van der Waals surface area contributed by atoms with Crippen LogP contribution in [0.3, 0.4) is 0 Å². The Labute approximate surface area is 82.4 Å². The highest BCUT2D eigenvalue weighted by molar-refractivity contribution is 5.04. The summed E-state index contributed by atoms with van der Waals surface area (Å²) in [6.07, 6.45) is 0.419. The van der Waals surface area contributed by atoms with Crippen molar-refractivity contribution in [2.45, 2.75) is 31.8 Å². The quantitative estimate of drug-likeness (QED) is 0.781. The summed E-state index contributed by atoms with van der Waals surface area (Å²) >= 11 is 0. The average molecular weight is 198 g/mol. The molecule has 1 aromatic rings. The van der Waals surface area contributed by atoms with E-state index in [1.807, 2.05) is 13.8 Å². The van der Waals surface area contributed by atoms with Crippen LogP contribution in [0.25, 0.3) is 0 Å². The Morgan fingerprint density at radius 3 is 2.86 bits per heavy atom. The normalized spacial score (nSPS) is 27.8. The van der Waals surface area contributed by atoms with Crippen molar-refractivity contribution in [1.29, 1.82) is 0 Å². The van der Waals surface area contributed by atoms with Gasteiger partial charge >= 0.3 is 0 Å². The van der Waals surface area contributed by atoms with Crippen molar-refractivity contribution in [3.8, 4) is 0 Å². The third kappa shape index (κ3) is 1.82. The van der Waals surface area contributed by atoms with E-state index in [0.29, 0.717) is 12.4 Å². The highest BCUT2D eigenvalue weighted by Crippen LogP contribution is 2.30. The van der Waals surface area contributed by atoms with Gasteiger partial charge in [0.1, 0.15) is 18.0 Å². The Kier molecular flexibility index (Phi) is 2.34. The van der Waals surface area contributed by atoms with E-state index in [4.69, 9.17) is 13.9 Å². The summed E-state index contributed by atoms with van der Waals surface area (Å²) in [5.41, 5.74) is 0. The van der Waals surface area contributed by atoms with Gasteiger partial charge in [0.25, 0.3) is 0 Å². The summed E-state index contributed by atoms with van der Waals surface area (Å²) in [4.78, 5) is 0. The fraction of sp³-hybridized carbons (Fsp3) is 0.600. The molecule has 0 spiro atoms. The van der Waals surface area contributed by atoms with Crippen LogP contribution in [-0.4, -0.2) is 23.6 Å². The molecule has 78 valence electrons. The molecule has 4 heteroatoms. The maximum Gasteiger partial charge on any atom is 0.163 e. The highest BCUT2D eigenvalue weighted by atomic mass is 16.7. The van der Waals surface area contributed by atoms with Gasteiger partial charge in [0.15, 0.2) is 5.79 Å². The molecule has 0 amide bonds. The minimum absolute atomic E-state index is 0.351. The second kappa shape index (κ2) is 3.38. The van der Waals surface area contributed by atoms with Gasteiger partial charge in [0.2, 0.25) is 0 Å². The molecule has 0 aliphatic carbocycles.